The average molecular weight is 479 g/mol. The van der Waals surface area contributed by atoms with Crippen LogP contribution in [0.5, 0.6) is 11.5 Å². The van der Waals surface area contributed by atoms with Crippen molar-refractivity contribution in [2.45, 2.75) is 13.5 Å². The molecule has 0 fully saturated rings. The molecule has 0 spiro atoms. The van der Waals surface area contributed by atoms with Crippen molar-refractivity contribution in [2.24, 2.45) is 5.10 Å². The van der Waals surface area contributed by atoms with Crippen molar-refractivity contribution in [2.75, 3.05) is 13.7 Å². The van der Waals surface area contributed by atoms with Gasteiger partial charge in [-0.1, -0.05) is 29.3 Å². The van der Waals surface area contributed by atoms with Gasteiger partial charge in [0.1, 0.15) is 0 Å². The predicted octanol–water partition coefficient (Wildman–Crippen LogP) is 5.13. The lowest BCUT2D eigenvalue weighted by Gasteiger charge is -2.12. The second kappa shape index (κ2) is 9.34. The Hall–Kier alpha value is -1.18. The average Bonchev–Trinajstić information content (AvgIpc) is 2.54. The van der Waals surface area contributed by atoms with Crippen LogP contribution in [0.25, 0.3) is 0 Å². The third-order valence-corrected chi connectivity index (χ3v) is 4.67. The summed E-state index contributed by atoms with van der Waals surface area (Å²) < 4.78 is 11.9. The van der Waals surface area contributed by atoms with Crippen LogP contribution in [0, 0.1) is 3.57 Å². The molecule has 1 N–H and O–H groups in total. The molecule has 0 heterocycles. The van der Waals surface area contributed by atoms with Crippen molar-refractivity contribution in [3.05, 3.63) is 55.1 Å². The Morgan fingerprint density at radius 3 is 2.58 bits per heavy atom. The Morgan fingerprint density at radius 1 is 1.25 bits per heavy atom. The van der Waals surface area contributed by atoms with Gasteiger partial charge < -0.3 is 14.9 Å². The Balaban J connectivity index is 2.09. The number of hydrogen-bond donors (Lipinski definition) is 1. The molecule has 0 bridgehead atoms. The number of halogens is 3. The minimum absolute atomic E-state index is 0.445. The van der Waals surface area contributed by atoms with Crippen molar-refractivity contribution in [1.29, 1.82) is 0 Å². The molecule has 0 saturated carbocycles. The highest BCUT2D eigenvalue weighted by molar-refractivity contribution is 14.1. The smallest absolute Gasteiger partial charge is 0.174 e. The topological polar surface area (TPSA) is 42.8 Å². The first-order valence-corrected chi connectivity index (χ1v) is 9.09. The van der Waals surface area contributed by atoms with Crippen LogP contribution in [0.15, 0.2) is 35.4 Å². The lowest BCUT2D eigenvalue weighted by Crippen LogP contribution is -2.07. The molecule has 0 amide bonds. The van der Waals surface area contributed by atoms with Crippen LogP contribution in [0.3, 0.4) is 0 Å². The van der Waals surface area contributed by atoms with E-state index in [9.17, 15) is 0 Å². The second-order valence-electron chi connectivity index (χ2n) is 4.76. The molecule has 0 aliphatic heterocycles. The van der Waals surface area contributed by atoms with E-state index in [1.807, 2.05) is 25.1 Å². The van der Waals surface area contributed by atoms with Gasteiger partial charge in [-0.05, 0) is 59.3 Å². The van der Waals surface area contributed by atoms with E-state index in [1.54, 1.807) is 25.5 Å². The molecule has 0 saturated heterocycles. The first-order chi connectivity index (χ1) is 11.6. The molecule has 2 rings (SSSR count). The number of nitrogens with one attached hydrogen (secondary N) is 1. The van der Waals surface area contributed by atoms with Gasteiger partial charge >= 0.3 is 0 Å². The molecule has 7 heteroatoms. The fourth-order valence-corrected chi connectivity index (χ4v) is 3.45. The molecule has 0 aromatic heterocycles. The Kier molecular flexibility index (Phi) is 7.45. The quantitative estimate of drug-likeness (QED) is 0.341. The van der Waals surface area contributed by atoms with E-state index >= 15 is 0 Å². The van der Waals surface area contributed by atoms with Crippen LogP contribution in [0.4, 0.5) is 0 Å². The SMILES string of the molecule is CCOc1cc(/C=N\NCc2c(Cl)cccc2Cl)cc(I)c1OC. The van der Waals surface area contributed by atoms with Gasteiger partial charge in [0, 0.05) is 15.6 Å². The molecule has 0 aliphatic carbocycles. The highest BCUT2D eigenvalue weighted by Crippen LogP contribution is 2.33. The fraction of sp³-hybridized carbons (Fsp3) is 0.235. The molecule has 2 aromatic rings. The van der Waals surface area contributed by atoms with Crippen molar-refractivity contribution in [1.82, 2.24) is 5.43 Å². The first kappa shape index (κ1) is 19.1. The lowest BCUT2D eigenvalue weighted by molar-refractivity contribution is 0.309. The van der Waals surface area contributed by atoms with E-state index in [-0.39, 0.29) is 0 Å². The number of hydrogen-bond acceptors (Lipinski definition) is 4. The van der Waals surface area contributed by atoms with Gasteiger partial charge in [-0.2, -0.15) is 5.10 Å². The molecule has 24 heavy (non-hydrogen) atoms. The maximum absolute atomic E-state index is 6.13. The van der Waals surface area contributed by atoms with Crippen LogP contribution < -0.4 is 14.9 Å². The summed E-state index contributed by atoms with van der Waals surface area (Å²) in [6, 6.07) is 9.27. The minimum Gasteiger partial charge on any atom is -0.492 e. The van der Waals surface area contributed by atoms with E-state index in [1.165, 1.54) is 0 Å². The molecule has 0 aliphatic rings. The molecular weight excluding hydrogens is 462 g/mol. The summed E-state index contributed by atoms with van der Waals surface area (Å²) in [5.41, 5.74) is 4.68. The molecule has 0 unspecified atom stereocenters. The van der Waals surface area contributed by atoms with Crippen molar-refractivity contribution in [3.63, 3.8) is 0 Å². The molecular formula is C17H17Cl2IN2O2. The Labute approximate surface area is 165 Å². The van der Waals surface area contributed by atoms with Gasteiger partial charge in [-0.15, -0.1) is 0 Å². The molecule has 4 nitrogen and oxygen atoms in total. The molecule has 0 atom stereocenters. The third kappa shape index (κ3) is 4.91. The van der Waals surface area contributed by atoms with Gasteiger partial charge in [0.15, 0.2) is 11.5 Å². The van der Waals surface area contributed by atoms with E-state index in [2.05, 4.69) is 33.1 Å². The number of benzene rings is 2. The predicted molar refractivity (Wildman–Crippen MR) is 108 cm³/mol. The summed E-state index contributed by atoms with van der Waals surface area (Å²) in [6.45, 7) is 2.94. The van der Waals surface area contributed by atoms with E-state index < -0.39 is 0 Å². The zero-order chi connectivity index (χ0) is 17.5. The van der Waals surface area contributed by atoms with Crippen LogP contribution in [-0.4, -0.2) is 19.9 Å². The zero-order valence-corrected chi connectivity index (χ0v) is 16.9. The Morgan fingerprint density at radius 2 is 1.96 bits per heavy atom. The maximum atomic E-state index is 6.13. The van der Waals surface area contributed by atoms with Gasteiger partial charge in [0.25, 0.3) is 0 Å². The summed E-state index contributed by atoms with van der Waals surface area (Å²) in [7, 11) is 1.63. The normalized spacial score (nSPS) is 10.9. The van der Waals surface area contributed by atoms with Crippen LogP contribution >= 0.6 is 45.8 Å². The maximum Gasteiger partial charge on any atom is 0.174 e. The van der Waals surface area contributed by atoms with Crippen molar-refractivity contribution in [3.8, 4) is 11.5 Å². The molecule has 0 radical (unpaired) electrons. The first-order valence-electron chi connectivity index (χ1n) is 7.26. The van der Waals surface area contributed by atoms with E-state index in [0.717, 1.165) is 20.4 Å². The second-order valence-corrected chi connectivity index (χ2v) is 6.74. The van der Waals surface area contributed by atoms with Gasteiger partial charge in [0.2, 0.25) is 0 Å². The largest absolute Gasteiger partial charge is 0.492 e. The van der Waals surface area contributed by atoms with E-state index in [4.69, 9.17) is 32.7 Å². The van der Waals surface area contributed by atoms with Crippen LogP contribution in [-0.2, 0) is 6.54 Å². The standard InChI is InChI=1S/C17H17Cl2IN2O2/c1-3-24-16-8-11(7-15(20)17(16)23-2)9-21-22-10-12-13(18)5-4-6-14(12)19/h4-9,22H,3,10H2,1-2H3/b21-9-. The van der Waals surface area contributed by atoms with Gasteiger partial charge in [-0.25, -0.2) is 0 Å². The van der Waals surface area contributed by atoms with Crippen LogP contribution in [0.2, 0.25) is 10.0 Å². The summed E-state index contributed by atoms with van der Waals surface area (Å²) in [5.74, 6) is 1.42. The van der Waals surface area contributed by atoms with Crippen molar-refractivity contribution >= 4 is 52.0 Å². The summed E-state index contributed by atoms with van der Waals surface area (Å²) in [5, 5.41) is 5.45. The number of methoxy groups -OCH3 is 1. The molecule has 2 aromatic carbocycles. The number of nitrogens with zero attached hydrogens (tertiary/aromatic N) is 1. The monoisotopic (exact) mass is 478 g/mol. The van der Waals surface area contributed by atoms with Crippen LogP contribution in [0.1, 0.15) is 18.1 Å². The minimum atomic E-state index is 0.445. The number of hydrazone groups is 1. The summed E-state index contributed by atoms with van der Waals surface area (Å²) in [6.07, 6.45) is 1.72. The molecule has 128 valence electrons. The number of rotatable bonds is 7. The summed E-state index contributed by atoms with van der Waals surface area (Å²) in [4.78, 5) is 0. The fourth-order valence-electron chi connectivity index (χ4n) is 2.07. The lowest BCUT2D eigenvalue weighted by atomic mass is 10.2. The highest BCUT2D eigenvalue weighted by Gasteiger charge is 2.10. The Bertz CT molecular complexity index is 719. The third-order valence-electron chi connectivity index (χ3n) is 3.16. The summed E-state index contributed by atoms with van der Waals surface area (Å²) >= 11 is 14.5. The van der Waals surface area contributed by atoms with E-state index in [0.29, 0.717) is 28.9 Å². The van der Waals surface area contributed by atoms with Gasteiger partial charge in [0.05, 0.1) is 30.0 Å². The number of ether oxygens (including phenoxy) is 2. The van der Waals surface area contributed by atoms with Crippen molar-refractivity contribution < 1.29 is 9.47 Å². The zero-order valence-electron chi connectivity index (χ0n) is 13.3. The highest BCUT2D eigenvalue weighted by atomic mass is 127. The van der Waals surface area contributed by atoms with Gasteiger partial charge in [-0.3, -0.25) is 0 Å².